The van der Waals surface area contributed by atoms with Crippen molar-refractivity contribution in [2.75, 3.05) is 60.5 Å². The Morgan fingerprint density at radius 3 is 2.67 bits per heavy atom. The van der Waals surface area contributed by atoms with Gasteiger partial charge in [0.05, 0.1) is 12.2 Å². The lowest BCUT2D eigenvalue weighted by atomic mass is 10.2. The predicted molar refractivity (Wildman–Crippen MR) is 114 cm³/mol. The van der Waals surface area contributed by atoms with Gasteiger partial charge in [-0.2, -0.15) is 0 Å². The van der Waals surface area contributed by atoms with Gasteiger partial charge < -0.3 is 19.9 Å². The summed E-state index contributed by atoms with van der Waals surface area (Å²) in [6.45, 7) is 14.0. The van der Waals surface area contributed by atoms with Crippen LogP contribution in [0.2, 0.25) is 0 Å². The van der Waals surface area contributed by atoms with Crippen LogP contribution in [0.3, 0.4) is 0 Å². The van der Waals surface area contributed by atoms with Crippen molar-refractivity contribution in [3.63, 3.8) is 0 Å². The fourth-order valence-electron chi connectivity index (χ4n) is 3.27. The lowest BCUT2D eigenvalue weighted by Crippen LogP contribution is -2.53. The lowest BCUT2D eigenvalue weighted by Gasteiger charge is -2.38. The summed E-state index contributed by atoms with van der Waals surface area (Å²) in [5, 5.41) is 6.64. The van der Waals surface area contributed by atoms with Crippen molar-refractivity contribution in [3.8, 4) is 0 Å². The fraction of sp³-hybridized carbons (Fsp3) is 0.789. The highest BCUT2D eigenvalue weighted by Crippen LogP contribution is 2.20. The molecule has 2 unspecified atom stereocenters. The molecule has 1 aromatic heterocycles. The van der Waals surface area contributed by atoms with E-state index in [2.05, 4.69) is 56.3 Å². The first-order valence-corrected chi connectivity index (χ1v) is 10.7. The maximum Gasteiger partial charge on any atom is 0.193 e. The average molecular weight is 397 g/mol. The van der Waals surface area contributed by atoms with Crippen LogP contribution >= 0.6 is 11.3 Å². The summed E-state index contributed by atoms with van der Waals surface area (Å²) < 4.78 is 5.35. The summed E-state index contributed by atoms with van der Waals surface area (Å²) in [4.78, 5) is 16.3. The highest BCUT2D eigenvalue weighted by atomic mass is 32.1. The van der Waals surface area contributed by atoms with Crippen LogP contribution < -0.4 is 5.32 Å². The van der Waals surface area contributed by atoms with Crippen molar-refractivity contribution in [1.82, 2.24) is 25.0 Å². The molecule has 1 aliphatic heterocycles. The van der Waals surface area contributed by atoms with Gasteiger partial charge in [0, 0.05) is 65.4 Å². The molecule has 0 saturated carbocycles. The number of aromatic nitrogens is 1. The molecular formula is C19H36N6OS. The predicted octanol–water partition coefficient (Wildman–Crippen LogP) is 1.88. The van der Waals surface area contributed by atoms with Crippen molar-refractivity contribution >= 4 is 17.3 Å². The first-order valence-electron chi connectivity index (χ1n) is 9.83. The topological polar surface area (TPSA) is 56.2 Å². The van der Waals surface area contributed by atoms with Gasteiger partial charge in [-0.3, -0.25) is 9.89 Å². The standard InChI is InChI=1S/C19H36N6OS/c1-7-24-8-10-25(11-9-24)15(2)12-21-19(20-4)23(5)13-17-14-27-18(22-17)16(3)26-6/h14-16H,7-13H2,1-6H3,(H,20,21). The minimum absolute atomic E-state index is 0.0421. The van der Waals surface area contributed by atoms with Crippen molar-refractivity contribution in [2.45, 2.75) is 39.5 Å². The van der Waals surface area contributed by atoms with Crippen LogP contribution in [-0.4, -0.2) is 92.2 Å². The van der Waals surface area contributed by atoms with E-state index in [4.69, 9.17) is 4.74 Å². The first kappa shape index (κ1) is 22.1. The Labute approximate surface area is 168 Å². The number of piperazine rings is 1. The highest BCUT2D eigenvalue weighted by molar-refractivity contribution is 7.09. The number of likely N-dealkylation sites (N-methyl/N-ethyl adjacent to an activating group) is 1. The van der Waals surface area contributed by atoms with Crippen LogP contribution in [0, 0.1) is 0 Å². The number of rotatable bonds is 8. The molecule has 0 radical (unpaired) electrons. The Hall–Kier alpha value is -1.22. The molecule has 7 nitrogen and oxygen atoms in total. The Bertz CT molecular complexity index is 585. The fourth-order valence-corrected chi connectivity index (χ4v) is 4.12. The van der Waals surface area contributed by atoms with Crippen LogP contribution in [-0.2, 0) is 11.3 Å². The normalized spacial score (nSPS) is 19.1. The van der Waals surface area contributed by atoms with Crippen LogP contribution in [0.4, 0.5) is 0 Å². The van der Waals surface area contributed by atoms with Gasteiger partial charge in [0.1, 0.15) is 11.1 Å². The number of aliphatic imine (C=N–C) groups is 1. The van der Waals surface area contributed by atoms with Gasteiger partial charge in [-0.25, -0.2) is 4.98 Å². The zero-order chi connectivity index (χ0) is 19.8. The SMILES string of the molecule is CCN1CCN(C(C)CNC(=NC)N(C)Cc2csc(C(C)OC)n2)CC1. The quantitative estimate of drug-likeness (QED) is 0.535. The number of methoxy groups -OCH3 is 1. The molecule has 0 spiro atoms. The summed E-state index contributed by atoms with van der Waals surface area (Å²) >= 11 is 1.65. The molecule has 0 amide bonds. The molecule has 0 aliphatic carbocycles. The van der Waals surface area contributed by atoms with E-state index in [1.807, 2.05) is 14.0 Å². The Morgan fingerprint density at radius 2 is 2.07 bits per heavy atom. The highest BCUT2D eigenvalue weighted by Gasteiger charge is 2.20. The van der Waals surface area contributed by atoms with E-state index < -0.39 is 0 Å². The van der Waals surface area contributed by atoms with Crippen molar-refractivity contribution in [1.29, 1.82) is 0 Å². The molecule has 2 rings (SSSR count). The van der Waals surface area contributed by atoms with Gasteiger partial charge >= 0.3 is 0 Å². The van der Waals surface area contributed by atoms with Gasteiger partial charge in [-0.1, -0.05) is 6.92 Å². The molecule has 1 fully saturated rings. The second-order valence-corrected chi connectivity index (χ2v) is 8.05. The first-order chi connectivity index (χ1) is 13.0. The number of guanidine groups is 1. The van der Waals surface area contributed by atoms with Gasteiger partial charge in [-0.05, 0) is 20.4 Å². The molecular weight excluding hydrogens is 360 g/mol. The molecule has 27 heavy (non-hydrogen) atoms. The molecule has 0 aromatic carbocycles. The smallest absolute Gasteiger partial charge is 0.193 e. The van der Waals surface area contributed by atoms with Crippen LogP contribution in [0.1, 0.15) is 37.6 Å². The number of nitrogens with zero attached hydrogens (tertiary/aromatic N) is 5. The van der Waals surface area contributed by atoms with Crippen molar-refractivity contribution < 1.29 is 4.74 Å². The van der Waals surface area contributed by atoms with Crippen LogP contribution in [0.5, 0.6) is 0 Å². The summed E-state index contributed by atoms with van der Waals surface area (Å²) in [7, 11) is 5.61. The maximum atomic E-state index is 5.35. The summed E-state index contributed by atoms with van der Waals surface area (Å²) in [5.74, 6) is 0.906. The van der Waals surface area contributed by atoms with E-state index in [0.717, 1.165) is 49.4 Å². The van der Waals surface area contributed by atoms with E-state index >= 15 is 0 Å². The number of ether oxygens (including phenoxy) is 1. The molecule has 1 N–H and O–H groups in total. The van der Waals surface area contributed by atoms with Crippen LogP contribution in [0.25, 0.3) is 0 Å². The molecule has 1 aromatic rings. The van der Waals surface area contributed by atoms with E-state index in [9.17, 15) is 0 Å². The monoisotopic (exact) mass is 396 g/mol. The summed E-state index contributed by atoms with van der Waals surface area (Å²) in [6, 6.07) is 0.489. The third kappa shape index (κ3) is 6.41. The molecule has 2 atom stereocenters. The Kier molecular flexibility index (Phi) is 8.95. The summed E-state index contributed by atoms with van der Waals surface area (Å²) in [5.41, 5.74) is 1.05. The second kappa shape index (κ2) is 10.9. The molecule has 154 valence electrons. The number of hydrogen-bond acceptors (Lipinski definition) is 6. The van der Waals surface area contributed by atoms with Gasteiger partial charge in [0.15, 0.2) is 5.96 Å². The van der Waals surface area contributed by atoms with Crippen molar-refractivity contribution in [3.05, 3.63) is 16.1 Å². The van der Waals surface area contributed by atoms with Crippen molar-refractivity contribution in [2.24, 2.45) is 4.99 Å². The van der Waals surface area contributed by atoms with Crippen LogP contribution in [0.15, 0.2) is 10.4 Å². The van der Waals surface area contributed by atoms with Gasteiger partial charge in [0.25, 0.3) is 0 Å². The number of thiazole rings is 1. The molecule has 2 heterocycles. The Balaban J connectivity index is 1.81. The largest absolute Gasteiger partial charge is 0.375 e. The third-order valence-electron chi connectivity index (χ3n) is 5.28. The molecule has 0 bridgehead atoms. The lowest BCUT2D eigenvalue weighted by molar-refractivity contribution is 0.107. The second-order valence-electron chi connectivity index (χ2n) is 7.16. The maximum absolute atomic E-state index is 5.35. The Morgan fingerprint density at radius 1 is 1.37 bits per heavy atom. The van der Waals surface area contributed by atoms with Gasteiger partial charge in [0.2, 0.25) is 0 Å². The minimum Gasteiger partial charge on any atom is -0.375 e. The van der Waals surface area contributed by atoms with E-state index in [1.54, 1.807) is 18.4 Å². The number of nitrogens with one attached hydrogen (secondary N) is 1. The molecule has 1 saturated heterocycles. The summed E-state index contributed by atoms with van der Waals surface area (Å²) in [6.07, 6.45) is 0.0421. The zero-order valence-corrected chi connectivity index (χ0v) is 18.6. The zero-order valence-electron chi connectivity index (χ0n) is 17.7. The molecule has 8 heteroatoms. The average Bonchev–Trinajstić information content (AvgIpc) is 3.16. The third-order valence-corrected chi connectivity index (χ3v) is 6.33. The van der Waals surface area contributed by atoms with Gasteiger partial charge in [-0.15, -0.1) is 11.3 Å². The van der Waals surface area contributed by atoms with E-state index in [0.29, 0.717) is 6.04 Å². The minimum atomic E-state index is 0.0421. The van der Waals surface area contributed by atoms with E-state index in [-0.39, 0.29) is 6.10 Å². The number of hydrogen-bond donors (Lipinski definition) is 1. The van der Waals surface area contributed by atoms with E-state index in [1.165, 1.54) is 13.1 Å². The molecule has 1 aliphatic rings.